The number of carbonyl (C=O) groups excluding carboxylic acids is 3. The highest BCUT2D eigenvalue weighted by Crippen LogP contribution is 2.34. The molecule has 7 heteroatoms. The van der Waals surface area contributed by atoms with Crippen LogP contribution in [0, 0.1) is 0 Å². The molecule has 32 heavy (non-hydrogen) atoms. The first-order valence-electron chi connectivity index (χ1n) is 9.96. The first-order valence-corrected chi connectivity index (χ1v) is 10.8. The topological polar surface area (TPSA) is 75.7 Å². The summed E-state index contributed by atoms with van der Waals surface area (Å²) >= 11 is 0.894. The molecule has 0 saturated carbocycles. The molecular weight excluding hydrogens is 424 g/mol. The lowest BCUT2D eigenvalue weighted by atomic mass is 10.1. The van der Waals surface area contributed by atoms with E-state index < -0.39 is 0 Å². The van der Waals surface area contributed by atoms with E-state index in [4.69, 9.17) is 4.74 Å². The molecule has 4 rings (SSSR count). The fourth-order valence-electron chi connectivity index (χ4n) is 3.14. The molecule has 3 amide bonds. The highest BCUT2D eigenvalue weighted by molar-refractivity contribution is 8.18. The van der Waals surface area contributed by atoms with Crippen molar-refractivity contribution in [2.75, 3.05) is 11.9 Å². The second kappa shape index (κ2) is 9.98. The predicted octanol–water partition coefficient (Wildman–Crippen LogP) is 4.94. The first kappa shape index (κ1) is 21.4. The van der Waals surface area contributed by atoms with Crippen molar-refractivity contribution in [2.45, 2.75) is 6.54 Å². The number of benzene rings is 3. The molecule has 6 nitrogen and oxygen atoms in total. The van der Waals surface area contributed by atoms with Crippen molar-refractivity contribution in [3.05, 3.63) is 101 Å². The van der Waals surface area contributed by atoms with Gasteiger partial charge in [0.15, 0.2) is 6.61 Å². The largest absolute Gasteiger partial charge is 0.483 e. The third kappa shape index (κ3) is 5.25. The Morgan fingerprint density at radius 3 is 2.31 bits per heavy atom. The van der Waals surface area contributed by atoms with Crippen molar-refractivity contribution in [1.29, 1.82) is 0 Å². The zero-order valence-corrected chi connectivity index (χ0v) is 17.9. The summed E-state index contributed by atoms with van der Waals surface area (Å²) in [4.78, 5) is 39.0. The van der Waals surface area contributed by atoms with Gasteiger partial charge in [-0.25, -0.2) is 0 Å². The maximum atomic E-state index is 12.8. The van der Waals surface area contributed by atoms with Gasteiger partial charge in [-0.15, -0.1) is 0 Å². The van der Waals surface area contributed by atoms with E-state index in [0.29, 0.717) is 21.9 Å². The van der Waals surface area contributed by atoms with E-state index in [1.807, 2.05) is 48.5 Å². The van der Waals surface area contributed by atoms with E-state index in [9.17, 15) is 14.4 Å². The van der Waals surface area contributed by atoms with Gasteiger partial charge in [-0.05, 0) is 41.6 Å². The molecule has 1 saturated heterocycles. The van der Waals surface area contributed by atoms with Gasteiger partial charge in [0.2, 0.25) is 0 Å². The molecule has 0 bridgehead atoms. The number of thioether (sulfide) groups is 1. The zero-order chi connectivity index (χ0) is 22.3. The summed E-state index contributed by atoms with van der Waals surface area (Å²) in [5, 5.41) is 2.44. The second-order valence-electron chi connectivity index (χ2n) is 6.99. The van der Waals surface area contributed by atoms with Crippen molar-refractivity contribution in [1.82, 2.24) is 4.90 Å². The summed E-state index contributed by atoms with van der Waals surface area (Å²) < 4.78 is 5.69. The number of ether oxygens (including phenoxy) is 1. The number of imide groups is 1. The second-order valence-corrected chi connectivity index (χ2v) is 7.99. The van der Waals surface area contributed by atoms with Gasteiger partial charge in [-0.1, -0.05) is 66.7 Å². The van der Waals surface area contributed by atoms with E-state index in [2.05, 4.69) is 5.32 Å². The van der Waals surface area contributed by atoms with Gasteiger partial charge in [0.1, 0.15) is 5.75 Å². The van der Waals surface area contributed by atoms with Gasteiger partial charge >= 0.3 is 0 Å². The van der Waals surface area contributed by atoms with Crippen molar-refractivity contribution in [3.8, 4) is 5.75 Å². The monoisotopic (exact) mass is 444 g/mol. The van der Waals surface area contributed by atoms with Crippen LogP contribution in [-0.4, -0.2) is 28.6 Å². The number of amides is 3. The minimum atomic E-state index is -0.347. The number of hydrogen-bond acceptors (Lipinski definition) is 5. The standard InChI is InChI=1S/C25H20N2O4S/c28-23(26-20-12-5-2-6-13-20)17-31-21-14-8-7-11-19(21)15-22-24(29)27(25(30)32-22)16-18-9-3-1-4-10-18/h1-15H,16-17H2,(H,26,28)/b22-15-. The van der Waals surface area contributed by atoms with Crippen LogP contribution in [0.4, 0.5) is 10.5 Å². The highest BCUT2D eigenvalue weighted by Gasteiger charge is 2.35. The Kier molecular flexibility index (Phi) is 6.67. The van der Waals surface area contributed by atoms with E-state index >= 15 is 0 Å². The summed E-state index contributed by atoms with van der Waals surface area (Å²) in [7, 11) is 0. The van der Waals surface area contributed by atoms with Gasteiger partial charge in [-0.3, -0.25) is 19.3 Å². The van der Waals surface area contributed by atoms with Crippen molar-refractivity contribution < 1.29 is 19.1 Å². The molecular formula is C25H20N2O4S. The van der Waals surface area contributed by atoms with Crippen LogP contribution in [0.1, 0.15) is 11.1 Å². The van der Waals surface area contributed by atoms with Crippen LogP contribution in [0.3, 0.4) is 0 Å². The Labute approximate surface area is 189 Å². The Bertz CT molecular complexity index is 1160. The molecule has 3 aromatic rings. The van der Waals surface area contributed by atoms with E-state index in [-0.39, 0.29) is 30.2 Å². The summed E-state index contributed by atoms with van der Waals surface area (Å²) in [5.41, 5.74) is 2.18. The summed E-state index contributed by atoms with van der Waals surface area (Å²) in [5.74, 6) is -0.194. The maximum absolute atomic E-state index is 12.8. The van der Waals surface area contributed by atoms with Crippen LogP contribution in [0.15, 0.2) is 89.8 Å². The number of nitrogens with one attached hydrogen (secondary N) is 1. The number of carbonyl (C=O) groups is 3. The molecule has 1 fully saturated rings. The summed E-state index contributed by atoms with van der Waals surface area (Å²) in [6.07, 6.45) is 1.63. The molecule has 0 radical (unpaired) electrons. The van der Waals surface area contributed by atoms with Crippen LogP contribution >= 0.6 is 11.8 Å². The minimum Gasteiger partial charge on any atom is -0.483 e. The molecule has 0 aliphatic carbocycles. The van der Waals surface area contributed by atoms with Crippen molar-refractivity contribution in [3.63, 3.8) is 0 Å². The van der Waals surface area contributed by atoms with Crippen LogP contribution in [0.25, 0.3) is 6.08 Å². The van der Waals surface area contributed by atoms with Crippen molar-refractivity contribution in [2.24, 2.45) is 0 Å². The first-order chi connectivity index (χ1) is 15.6. The number of hydrogen-bond donors (Lipinski definition) is 1. The predicted molar refractivity (Wildman–Crippen MR) is 125 cm³/mol. The number of nitrogens with zero attached hydrogens (tertiary/aromatic N) is 1. The third-order valence-corrected chi connectivity index (χ3v) is 5.59. The van der Waals surface area contributed by atoms with Crippen LogP contribution < -0.4 is 10.1 Å². The van der Waals surface area contributed by atoms with Crippen molar-refractivity contribution >= 4 is 40.6 Å². The van der Waals surface area contributed by atoms with Gasteiger partial charge < -0.3 is 10.1 Å². The van der Waals surface area contributed by atoms with Crippen LogP contribution in [-0.2, 0) is 16.1 Å². The average molecular weight is 445 g/mol. The van der Waals surface area contributed by atoms with Crippen LogP contribution in [0.2, 0.25) is 0 Å². The van der Waals surface area contributed by atoms with Crippen LogP contribution in [0.5, 0.6) is 5.75 Å². The van der Waals surface area contributed by atoms with Gasteiger partial charge in [-0.2, -0.15) is 0 Å². The number of para-hydroxylation sites is 2. The lowest BCUT2D eigenvalue weighted by Gasteiger charge is -2.12. The smallest absolute Gasteiger partial charge is 0.293 e. The Morgan fingerprint density at radius 2 is 1.56 bits per heavy atom. The molecule has 1 aliphatic heterocycles. The molecule has 0 spiro atoms. The van der Waals surface area contributed by atoms with Gasteiger partial charge in [0.25, 0.3) is 17.1 Å². The number of rotatable bonds is 7. The zero-order valence-electron chi connectivity index (χ0n) is 17.1. The molecule has 0 aromatic heterocycles. The fourth-order valence-corrected chi connectivity index (χ4v) is 3.97. The molecule has 160 valence electrons. The summed E-state index contributed by atoms with van der Waals surface area (Å²) in [6.45, 7) is 0.0376. The van der Waals surface area contributed by atoms with Gasteiger partial charge in [0, 0.05) is 11.3 Å². The third-order valence-electron chi connectivity index (χ3n) is 4.68. The van der Waals surface area contributed by atoms with E-state index in [1.54, 1.807) is 42.5 Å². The molecule has 1 heterocycles. The minimum absolute atomic E-state index is 0.185. The lowest BCUT2D eigenvalue weighted by Crippen LogP contribution is -2.27. The Morgan fingerprint density at radius 1 is 0.906 bits per heavy atom. The Hall–Kier alpha value is -3.84. The Balaban J connectivity index is 1.44. The molecule has 1 aliphatic rings. The SMILES string of the molecule is O=C(COc1ccccc1/C=C1\SC(=O)N(Cc2ccccc2)C1=O)Nc1ccccc1. The number of anilines is 1. The molecule has 3 aromatic carbocycles. The normalized spacial score (nSPS) is 14.6. The van der Waals surface area contributed by atoms with E-state index in [0.717, 1.165) is 17.3 Å². The molecule has 1 N–H and O–H groups in total. The quantitative estimate of drug-likeness (QED) is 0.523. The highest BCUT2D eigenvalue weighted by atomic mass is 32.2. The summed E-state index contributed by atoms with van der Waals surface area (Å²) in [6, 6.07) is 25.5. The van der Waals surface area contributed by atoms with Gasteiger partial charge in [0.05, 0.1) is 11.4 Å². The van der Waals surface area contributed by atoms with E-state index in [1.165, 1.54) is 4.90 Å². The fraction of sp³-hybridized carbons (Fsp3) is 0.0800. The average Bonchev–Trinajstić information content (AvgIpc) is 3.07. The molecule has 0 atom stereocenters. The lowest BCUT2D eigenvalue weighted by molar-refractivity contribution is -0.123. The maximum Gasteiger partial charge on any atom is 0.293 e. The molecule has 0 unspecified atom stereocenters.